The van der Waals surface area contributed by atoms with Crippen molar-refractivity contribution in [2.24, 2.45) is 0 Å². The summed E-state index contributed by atoms with van der Waals surface area (Å²) >= 11 is 0. The van der Waals surface area contributed by atoms with Gasteiger partial charge in [-0.3, -0.25) is 4.79 Å². The minimum Gasteiger partial charge on any atom is -0.394 e. The van der Waals surface area contributed by atoms with E-state index in [1.54, 1.807) is 0 Å². The average Bonchev–Trinajstić information content (AvgIpc) is 3.39. The zero-order valence-corrected chi connectivity index (χ0v) is 44.6. The number of nitrogens with one attached hydrogen (secondary N) is 1. The van der Waals surface area contributed by atoms with Gasteiger partial charge in [0.2, 0.25) is 5.91 Å². The van der Waals surface area contributed by atoms with E-state index in [1.807, 2.05) is 0 Å². The van der Waals surface area contributed by atoms with Crippen molar-refractivity contribution < 1.29 is 64.6 Å². The Labute approximate surface area is 439 Å². The second-order valence-corrected chi connectivity index (χ2v) is 19.3. The second kappa shape index (κ2) is 44.1. The largest absolute Gasteiger partial charge is 0.394 e. The summed E-state index contributed by atoms with van der Waals surface area (Å²) in [6, 6.07) is -0.848. The third kappa shape index (κ3) is 30.3. The summed E-state index contributed by atoms with van der Waals surface area (Å²) in [7, 11) is 0. The first-order chi connectivity index (χ1) is 35.6. The van der Waals surface area contributed by atoms with Crippen LogP contribution in [0.3, 0.4) is 0 Å². The van der Waals surface area contributed by atoms with Crippen LogP contribution in [0, 0.1) is 0 Å². The summed E-state index contributed by atoms with van der Waals surface area (Å²) < 4.78 is 22.7. The fourth-order valence-electron chi connectivity index (χ4n) is 8.54. The van der Waals surface area contributed by atoms with Gasteiger partial charge in [0.1, 0.15) is 48.8 Å². The van der Waals surface area contributed by atoms with Gasteiger partial charge in [0.15, 0.2) is 12.6 Å². The summed E-state index contributed by atoms with van der Waals surface area (Å²) in [5, 5.41) is 86.9. The molecule has 9 N–H and O–H groups in total. The topological polar surface area (TPSA) is 228 Å². The zero-order valence-electron chi connectivity index (χ0n) is 44.6. The molecule has 12 atom stereocenters. The van der Waals surface area contributed by atoms with Gasteiger partial charge in [-0.05, 0) is 77.0 Å². The highest BCUT2D eigenvalue weighted by Crippen LogP contribution is 2.30. The van der Waals surface area contributed by atoms with Crippen molar-refractivity contribution >= 4 is 5.91 Å². The lowest BCUT2D eigenvalue weighted by atomic mass is 9.97. The van der Waals surface area contributed by atoms with E-state index < -0.39 is 86.8 Å². The maximum absolute atomic E-state index is 13.2. The molecule has 0 aromatic carbocycles. The quantitative estimate of drug-likeness (QED) is 0.0206. The highest BCUT2D eigenvalue weighted by Gasteiger charge is 2.51. The average molecular weight is 1030 g/mol. The SMILES string of the molecule is CC/C=C\C/C=C\C/C=C\C/C=C\C/C=C\C/C=C\C/C=C\C/C=C\CCCCCCC(=O)NC(COC1OC(CO)C(OC2OC(CO)C(O)C(O)C2O)C(O)C1O)C(O)CCCCCCCCCCCC. The summed E-state index contributed by atoms with van der Waals surface area (Å²) in [5.74, 6) is -0.238. The standard InChI is InChI=1S/C59H99NO13/c1-3-5-7-9-11-13-15-16-17-18-19-20-21-22-23-24-25-26-27-28-29-30-31-32-33-35-37-39-41-43-51(64)60-47(48(63)42-40-38-36-34-14-12-10-8-6-4-2)46-70-58-56(69)54(67)57(50(45-62)72-58)73-59-55(68)53(66)52(65)49(44-61)71-59/h5,7,11,13,16-17,19-20,22-23,25-26,28-29,31-32,47-50,52-59,61-63,65-69H,3-4,6,8-10,12,14-15,18,21,24,27,30,33-46H2,1-2H3,(H,60,64)/b7-5-,13-11-,17-16-,20-19-,23-22-,26-25-,29-28-,32-31-. The predicted molar refractivity (Wildman–Crippen MR) is 290 cm³/mol. The first kappa shape index (κ1) is 66.0. The van der Waals surface area contributed by atoms with Gasteiger partial charge in [-0.15, -0.1) is 0 Å². The Morgan fingerprint density at radius 3 is 1.45 bits per heavy atom. The number of ether oxygens (including phenoxy) is 4. The lowest BCUT2D eigenvalue weighted by Crippen LogP contribution is -2.65. The van der Waals surface area contributed by atoms with Gasteiger partial charge >= 0.3 is 0 Å². The van der Waals surface area contributed by atoms with Crippen LogP contribution in [0.4, 0.5) is 0 Å². The molecular formula is C59H99NO13. The molecule has 0 aliphatic carbocycles. The number of aliphatic hydroxyl groups is 8. The van der Waals surface area contributed by atoms with E-state index in [9.17, 15) is 45.6 Å². The number of carbonyl (C=O) groups is 1. The molecule has 0 aromatic rings. The minimum atomic E-state index is -1.79. The van der Waals surface area contributed by atoms with Crippen molar-refractivity contribution in [3.63, 3.8) is 0 Å². The number of allylic oxidation sites excluding steroid dienone is 16. The number of amides is 1. The Morgan fingerprint density at radius 2 is 0.945 bits per heavy atom. The molecule has 418 valence electrons. The number of carbonyl (C=O) groups excluding carboxylic acids is 1. The number of unbranched alkanes of at least 4 members (excludes halogenated alkanes) is 13. The summed E-state index contributed by atoms with van der Waals surface area (Å²) in [4.78, 5) is 13.2. The molecule has 0 bridgehead atoms. The molecule has 0 radical (unpaired) electrons. The molecule has 2 aliphatic heterocycles. The number of aliphatic hydroxyl groups excluding tert-OH is 8. The summed E-state index contributed by atoms with van der Waals surface area (Å²) in [5.41, 5.74) is 0. The van der Waals surface area contributed by atoms with Crippen molar-refractivity contribution in [1.82, 2.24) is 5.32 Å². The first-order valence-electron chi connectivity index (χ1n) is 28.0. The van der Waals surface area contributed by atoms with Gasteiger partial charge in [0.25, 0.3) is 0 Å². The smallest absolute Gasteiger partial charge is 0.220 e. The lowest BCUT2D eigenvalue weighted by Gasteiger charge is -2.46. The van der Waals surface area contributed by atoms with Crippen molar-refractivity contribution in [2.45, 2.75) is 248 Å². The Hall–Kier alpha value is -3.09. The molecule has 0 aromatic heterocycles. The molecule has 2 saturated heterocycles. The van der Waals surface area contributed by atoms with E-state index in [0.717, 1.165) is 103 Å². The molecule has 12 unspecified atom stereocenters. The Bertz CT molecular complexity index is 1590. The lowest BCUT2D eigenvalue weighted by molar-refractivity contribution is -0.359. The van der Waals surface area contributed by atoms with Crippen LogP contribution in [-0.2, 0) is 23.7 Å². The Kier molecular flexibility index (Phi) is 39.9. The molecule has 0 spiro atoms. The van der Waals surface area contributed by atoms with Crippen molar-refractivity contribution in [2.75, 3.05) is 19.8 Å². The third-order valence-electron chi connectivity index (χ3n) is 13.1. The van der Waals surface area contributed by atoms with Crippen molar-refractivity contribution in [3.05, 3.63) is 97.2 Å². The van der Waals surface area contributed by atoms with Crippen LogP contribution in [0.25, 0.3) is 0 Å². The van der Waals surface area contributed by atoms with Gasteiger partial charge in [-0.25, -0.2) is 0 Å². The molecule has 2 fully saturated rings. The Balaban J connectivity index is 1.73. The predicted octanol–water partition coefficient (Wildman–Crippen LogP) is 8.71. The van der Waals surface area contributed by atoms with Gasteiger partial charge in [0.05, 0.1) is 32.0 Å². The van der Waals surface area contributed by atoms with Crippen LogP contribution in [0.2, 0.25) is 0 Å². The van der Waals surface area contributed by atoms with Gasteiger partial charge in [-0.1, -0.05) is 188 Å². The molecule has 1 amide bonds. The van der Waals surface area contributed by atoms with Crippen molar-refractivity contribution in [1.29, 1.82) is 0 Å². The fraction of sp³-hybridized carbons (Fsp3) is 0.712. The number of hydrogen-bond acceptors (Lipinski definition) is 13. The summed E-state index contributed by atoms with van der Waals surface area (Å²) in [6.07, 6.45) is 42.7. The van der Waals surface area contributed by atoms with E-state index in [1.165, 1.54) is 38.5 Å². The summed E-state index contributed by atoms with van der Waals surface area (Å²) in [6.45, 7) is 2.68. The van der Waals surface area contributed by atoms with Crippen molar-refractivity contribution in [3.8, 4) is 0 Å². The minimum absolute atomic E-state index is 0.238. The molecule has 0 saturated carbocycles. The Morgan fingerprint density at radius 1 is 0.507 bits per heavy atom. The second-order valence-electron chi connectivity index (χ2n) is 19.3. The van der Waals surface area contributed by atoms with Gasteiger partial charge < -0.3 is 65.1 Å². The van der Waals surface area contributed by atoms with Gasteiger partial charge in [0, 0.05) is 6.42 Å². The van der Waals surface area contributed by atoms with Crippen LogP contribution in [0.15, 0.2) is 97.2 Å². The number of rotatable bonds is 42. The van der Waals surface area contributed by atoms with Gasteiger partial charge in [-0.2, -0.15) is 0 Å². The third-order valence-corrected chi connectivity index (χ3v) is 13.1. The van der Waals surface area contributed by atoms with Crippen LogP contribution < -0.4 is 5.32 Å². The molecule has 14 heteroatoms. The first-order valence-corrected chi connectivity index (χ1v) is 28.0. The van der Waals surface area contributed by atoms with Crippen LogP contribution in [0.1, 0.15) is 174 Å². The number of hydrogen-bond donors (Lipinski definition) is 9. The highest BCUT2D eigenvalue weighted by atomic mass is 16.7. The monoisotopic (exact) mass is 1030 g/mol. The molecular weight excluding hydrogens is 931 g/mol. The van der Waals surface area contributed by atoms with Crippen LogP contribution in [-0.4, -0.2) is 140 Å². The molecule has 2 heterocycles. The van der Waals surface area contributed by atoms with Crippen LogP contribution in [0.5, 0.6) is 0 Å². The fourth-order valence-corrected chi connectivity index (χ4v) is 8.54. The highest BCUT2D eigenvalue weighted by molar-refractivity contribution is 5.76. The van der Waals surface area contributed by atoms with E-state index in [2.05, 4.69) is 116 Å². The maximum atomic E-state index is 13.2. The van der Waals surface area contributed by atoms with E-state index in [4.69, 9.17) is 18.9 Å². The van der Waals surface area contributed by atoms with E-state index in [0.29, 0.717) is 12.8 Å². The zero-order chi connectivity index (χ0) is 53.2. The normalized spacial score (nSPS) is 26.2. The molecule has 2 rings (SSSR count). The van der Waals surface area contributed by atoms with Crippen LogP contribution >= 0.6 is 0 Å². The van der Waals surface area contributed by atoms with E-state index in [-0.39, 0.29) is 18.9 Å². The van der Waals surface area contributed by atoms with E-state index >= 15 is 0 Å². The molecule has 2 aliphatic rings. The molecule has 14 nitrogen and oxygen atoms in total. The molecule has 73 heavy (non-hydrogen) atoms. The maximum Gasteiger partial charge on any atom is 0.220 e.